The normalized spacial score (nSPS) is 10.1. The van der Waals surface area contributed by atoms with Gasteiger partial charge in [-0.15, -0.1) is 0 Å². The first kappa shape index (κ1) is 15.7. The number of carboxylic acid groups (broad SMARTS) is 1. The second-order valence-corrected chi connectivity index (χ2v) is 5.10. The molecule has 2 aromatic carbocycles. The standard InChI is InChI=1S/C15H14ClN3O3/c1-8-2-4-10(14(20)21)13(6-8)19-15(22)18-12-5-3-9(16)7-11(12)17/h2-7H,17H2,1H3,(H,20,21)(H2,18,19,22). The molecular weight excluding hydrogens is 306 g/mol. The molecule has 0 saturated carbocycles. The Kier molecular flexibility index (Phi) is 4.53. The van der Waals surface area contributed by atoms with E-state index in [4.69, 9.17) is 22.4 Å². The number of benzene rings is 2. The first-order valence-electron chi connectivity index (χ1n) is 6.34. The Hall–Kier alpha value is -2.73. The number of urea groups is 1. The summed E-state index contributed by atoms with van der Waals surface area (Å²) in [5, 5.41) is 14.6. The third kappa shape index (κ3) is 3.67. The number of hydrogen-bond donors (Lipinski definition) is 4. The lowest BCUT2D eigenvalue weighted by atomic mass is 10.1. The minimum absolute atomic E-state index is 0.00447. The molecule has 0 unspecified atom stereocenters. The summed E-state index contributed by atoms with van der Waals surface area (Å²) in [6, 6.07) is 8.73. The van der Waals surface area contributed by atoms with Crippen LogP contribution >= 0.6 is 11.6 Å². The number of rotatable bonds is 3. The molecule has 2 amide bonds. The molecule has 0 atom stereocenters. The summed E-state index contributed by atoms with van der Waals surface area (Å²) in [6.45, 7) is 1.80. The van der Waals surface area contributed by atoms with Gasteiger partial charge in [0.2, 0.25) is 0 Å². The van der Waals surface area contributed by atoms with Crippen molar-refractivity contribution in [3.8, 4) is 0 Å². The number of aromatic carboxylic acids is 1. The van der Waals surface area contributed by atoms with Gasteiger partial charge in [-0.2, -0.15) is 0 Å². The van der Waals surface area contributed by atoms with E-state index in [0.717, 1.165) is 5.56 Å². The zero-order chi connectivity index (χ0) is 16.3. The number of carbonyl (C=O) groups excluding carboxylic acids is 1. The Labute approximate surface area is 131 Å². The number of anilines is 3. The number of amides is 2. The molecule has 0 aliphatic heterocycles. The lowest BCUT2D eigenvalue weighted by Crippen LogP contribution is -2.21. The third-order valence-corrected chi connectivity index (χ3v) is 3.15. The Morgan fingerprint density at radius 3 is 2.41 bits per heavy atom. The second kappa shape index (κ2) is 6.36. The van der Waals surface area contributed by atoms with E-state index in [1.165, 1.54) is 12.1 Å². The van der Waals surface area contributed by atoms with Crippen molar-refractivity contribution in [1.29, 1.82) is 0 Å². The molecule has 7 heteroatoms. The maximum absolute atomic E-state index is 12.0. The summed E-state index contributed by atoms with van der Waals surface area (Å²) < 4.78 is 0. The van der Waals surface area contributed by atoms with Crippen LogP contribution in [0.3, 0.4) is 0 Å². The van der Waals surface area contributed by atoms with Crippen LogP contribution in [0.25, 0.3) is 0 Å². The van der Waals surface area contributed by atoms with E-state index in [2.05, 4.69) is 10.6 Å². The summed E-state index contributed by atoms with van der Waals surface area (Å²) >= 11 is 5.78. The zero-order valence-electron chi connectivity index (χ0n) is 11.7. The van der Waals surface area contributed by atoms with Crippen molar-refractivity contribution in [3.05, 3.63) is 52.5 Å². The van der Waals surface area contributed by atoms with Gasteiger partial charge in [0.1, 0.15) is 0 Å². The number of carbonyl (C=O) groups is 2. The highest BCUT2D eigenvalue weighted by Crippen LogP contribution is 2.23. The van der Waals surface area contributed by atoms with Crippen LogP contribution in [0, 0.1) is 6.92 Å². The molecule has 2 rings (SSSR count). The smallest absolute Gasteiger partial charge is 0.337 e. The minimum Gasteiger partial charge on any atom is -0.478 e. The highest BCUT2D eigenvalue weighted by atomic mass is 35.5. The molecule has 0 aliphatic rings. The molecule has 22 heavy (non-hydrogen) atoms. The zero-order valence-corrected chi connectivity index (χ0v) is 12.4. The maximum atomic E-state index is 12.0. The van der Waals surface area contributed by atoms with Gasteiger partial charge in [0.25, 0.3) is 0 Å². The van der Waals surface area contributed by atoms with Crippen LogP contribution in [0.4, 0.5) is 21.9 Å². The lowest BCUT2D eigenvalue weighted by Gasteiger charge is -2.12. The molecular formula is C15H14ClN3O3. The Morgan fingerprint density at radius 1 is 1.09 bits per heavy atom. The Morgan fingerprint density at radius 2 is 1.77 bits per heavy atom. The van der Waals surface area contributed by atoms with E-state index in [9.17, 15) is 9.59 Å². The Bertz CT molecular complexity index is 747. The summed E-state index contributed by atoms with van der Waals surface area (Å²) in [7, 11) is 0. The maximum Gasteiger partial charge on any atom is 0.337 e. The molecule has 0 radical (unpaired) electrons. The van der Waals surface area contributed by atoms with Gasteiger partial charge in [-0.25, -0.2) is 9.59 Å². The monoisotopic (exact) mass is 319 g/mol. The van der Waals surface area contributed by atoms with Gasteiger partial charge in [0, 0.05) is 5.02 Å². The van der Waals surface area contributed by atoms with Crippen LogP contribution < -0.4 is 16.4 Å². The average Bonchev–Trinajstić information content (AvgIpc) is 2.41. The fourth-order valence-corrected chi connectivity index (χ4v) is 2.05. The van der Waals surface area contributed by atoms with Gasteiger partial charge < -0.3 is 21.5 Å². The van der Waals surface area contributed by atoms with E-state index in [1.807, 2.05) is 0 Å². The van der Waals surface area contributed by atoms with Crippen molar-refractivity contribution in [1.82, 2.24) is 0 Å². The first-order valence-corrected chi connectivity index (χ1v) is 6.71. The molecule has 0 spiro atoms. The van der Waals surface area contributed by atoms with Gasteiger partial charge in [0.05, 0.1) is 22.6 Å². The predicted octanol–water partition coefficient (Wildman–Crippen LogP) is 3.57. The fraction of sp³-hybridized carbons (Fsp3) is 0.0667. The molecule has 0 bridgehead atoms. The number of hydrogen-bond acceptors (Lipinski definition) is 3. The summed E-state index contributed by atoms with van der Waals surface area (Å²) in [5.74, 6) is -1.12. The SMILES string of the molecule is Cc1ccc(C(=O)O)c(NC(=O)Nc2ccc(Cl)cc2N)c1. The average molecular weight is 320 g/mol. The van der Waals surface area contributed by atoms with Gasteiger partial charge in [-0.1, -0.05) is 17.7 Å². The molecule has 6 nitrogen and oxygen atoms in total. The predicted molar refractivity (Wildman–Crippen MR) is 86.6 cm³/mol. The number of nitrogens with one attached hydrogen (secondary N) is 2. The van der Waals surface area contributed by atoms with E-state index >= 15 is 0 Å². The van der Waals surface area contributed by atoms with Crippen molar-refractivity contribution in [2.24, 2.45) is 0 Å². The second-order valence-electron chi connectivity index (χ2n) is 4.66. The number of nitrogen functional groups attached to an aromatic ring is 1. The Balaban J connectivity index is 2.19. The molecule has 0 fully saturated rings. The van der Waals surface area contributed by atoms with Crippen molar-refractivity contribution in [3.63, 3.8) is 0 Å². The van der Waals surface area contributed by atoms with Crippen LogP contribution in [0.5, 0.6) is 0 Å². The first-order chi connectivity index (χ1) is 10.4. The summed E-state index contributed by atoms with van der Waals surface area (Å²) in [5.41, 5.74) is 7.47. The van der Waals surface area contributed by atoms with Crippen LogP contribution in [-0.2, 0) is 0 Å². The van der Waals surface area contributed by atoms with Gasteiger partial charge in [-0.05, 0) is 42.8 Å². The van der Waals surface area contributed by atoms with E-state index in [0.29, 0.717) is 16.4 Å². The largest absolute Gasteiger partial charge is 0.478 e. The summed E-state index contributed by atoms with van der Waals surface area (Å²) in [4.78, 5) is 23.2. The number of halogens is 1. The number of nitrogens with two attached hydrogens (primary N) is 1. The van der Waals surface area contributed by atoms with Crippen LogP contribution in [-0.4, -0.2) is 17.1 Å². The topological polar surface area (TPSA) is 104 Å². The van der Waals surface area contributed by atoms with E-state index < -0.39 is 12.0 Å². The fourth-order valence-electron chi connectivity index (χ4n) is 1.87. The lowest BCUT2D eigenvalue weighted by molar-refractivity contribution is 0.0698. The molecule has 0 heterocycles. The third-order valence-electron chi connectivity index (χ3n) is 2.92. The number of carboxylic acids is 1. The molecule has 0 saturated heterocycles. The molecule has 5 N–H and O–H groups in total. The van der Waals surface area contributed by atoms with Gasteiger partial charge in [0.15, 0.2) is 0 Å². The van der Waals surface area contributed by atoms with E-state index in [-0.39, 0.29) is 11.3 Å². The van der Waals surface area contributed by atoms with Crippen LogP contribution in [0.2, 0.25) is 5.02 Å². The highest BCUT2D eigenvalue weighted by molar-refractivity contribution is 6.31. The molecule has 114 valence electrons. The number of aryl methyl sites for hydroxylation is 1. The summed E-state index contributed by atoms with van der Waals surface area (Å²) in [6.07, 6.45) is 0. The molecule has 0 aromatic heterocycles. The molecule has 2 aromatic rings. The van der Waals surface area contributed by atoms with Gasteiger partial charge >= 0.3 is 12.0 Å². The van der Waals surface area contributed by atoms with Gasteiger partial charge in [-0.3, -0.25) is 0 Å². The van der Waals surface area contributed by atoms with Crippen molar-refractivity contribution >= 4 is 40.7 Å². The van der Waals surface area contributed by atoms with E-state index in [1.54, 1.807) is 31.2 Å². The van der Waals surface area contributed by atoms with Crippen molar-refractivity contribution < 1.29 is 14.7 Å². The quantitative estimate of drug-likeness (QED) is 0.649. The van der Waals surface area contributed by atoms with Crippen LogP contribution in [0.1, 0.15) is 15.9 Å². The van der Waals surface area contributed by atoms with Crippen molar-refractivity contribution in [2.45, 2.75) is 6.92 Å². The van der Waals surface area contributed by atoms with Crippen molar-refractivity contribution in [2.75, 3.05) is 16.4 Å². The molecule has 0 aliphatic carbocycles. The minimum atomic E-state index is -1.12. The van der Waals surface area contributed by atoms with Crippen LogP contribution in [0.15, 0.2) is 36.4 Å². The highest BCUT2D eigenvalue weighted by Gasteiger charge is 2.13.